The second-order valence-corrected chi connectivity index (χ2v) is 3.51. The summed E-state index contributed by atoms with van der Waals surface area (Å²) in [6, 6.07) is 1.70. The minimum absolute atomic E-state index is 0.00500. The fourth-order valence-electron chi connectivity index (χ4n) is 1.32. The highest BCUT2D eigenvalue weighted by Gasteiger charge is 2.25. The first-order chi connectivity index (χ1) is 8.06. The number of rotatable bonds is 3. The molecule has 0 aliphatic carbocycles. The molecular weight excluding hydrogens is 298 g/mol. The zero-order valence-electron chi connectivity index (χ0n) is 8.71. The number of halogens is 3. The van der Waals surface area contributed by atoms with E-state index in [1.165, 1.54) is 0 Å². The summed E-state index contributed by atoms with van der Waals surface area (Å²) in [5.41, 5.74) is -0.966. The lowest BCUT2D eigenvalue weighted by Gasteiger charge is -2.11. The van der Waals surface area contributed by atoms with Crippen LogP contribution >= 0.6 is 15.9 Å². The van der Waals surface area contributed by atoms with Crippen molar-refractivity contribution < 1.29 is 18.3 Å². The van der Waals surface area contributed by atoms with Crippen molar-refractivity contribution >= 4 is 21.9 Å². The van der Waals surface area contributed by atoms with E-state index in [1.54, 1.807) is 6.07 Å². The number of pyridine rings is 1. The predicted octanol–water partition coefficient (Wildman–Crippen LogP) is 2.57. The molecule has 0 amide bonds. The van der Waals surface area contributed by atoms with E-state index in [0.29, 0.717) is 0 Å². The van der Waals surface area contributed by atoms with Gasteiger partial charge < -0.3 is 4.74 Å². The molecule has 0 bridgehead atoms. The van der Waals surface area contributed by atoms with E-state index in [0.717, 1.165) is 13.3 Å². The number of methoxy groups -OCH3 is 1. The summed E-state index contributed by atoms with van der Waals surface area (Å²) in [6.45, 7) is 0. The third kappa shape index (κ3) is 2.58. The summed E-state index contributed by atoms with van der Waals surface area (Å²) < 4.78 is 30.2. The number of ether oxygens (including phenoxy) is 1. The molecule has 1 rings (SSSR count). The molecule has 0 spiro atoms. The zero-order chi connectivity index (χ0) is 13.0. The van der Waals surface area contributed by atoms with E-state index < -0.39 is 18.0 Å². The smallest absolute Gasteiger partial charge is 0.339 e. The van der Waals surface area contributed by atoms with Crippen molar-refractivity contribution in [2.24, 2.45) is 0 Å². The standard InChI is InChI=1S/C10H7BrF2N2O2/c1-17-10(16)6-4-15-7(3-14)5(2-11)8(6)9(12)13/h4,9H,2H2,1H3. The first-order valence-electron chi connectivity index (χ1n) is 4.41. The number of alkyl halides is 3. The van der Waals surface area contributed by atoms with Gasteiger partial charge in [0.1, 0.15) is 11.8 Å². The van der Waals surface area contributed by atoms with Crippen LogP contribution in [0.25, 0.3) is 0 Å². The maximum absolute atomic E-state index is 12.9. The summed E-state index contributed by atoms with van der Waals surface area (Å²) in [7, 11) is 1.09. The first kappa shape index (κ1) is 13.5. The normalized spacial score (nSPS) is 10.1. The maximum atomic E-state index is 12.9. The molecule has 0 aliphatic heterocycles. The van der Waals surface area contributed by atoms with E-state index in [1.807, 2.05) is 0 Å². The molecule has 90 valence electrons. The van der Waals surface area contributed by atoms with Gasteiger partial charge in [0.15, 0.2) is 0 Å². The van der Waals surface area contributed by atoms with Gasteiger partial charge in [0.05, 0.1) is 12.7 Å². The van der Waals surface area contributed by atoms with Crippen LogP contribution in [0.15, 0.2) is 6.20 Å². The molecule has 17 heavy (non-hydrogen) atoms. The molecule has 0 saturated heterocycles. The number of hydrogen-bond acceptors (Lipinski definition) is 4. The van der Waals surface area contributed by atoms with Crippen LogP contribution in [0, 0.1) is 11.3 Å². The Balaban J connectivity index is 3.54. The molecule has 1 aromatic heterocycles. The highest BCUT2D eigenvalue weighted by atomic mass is 79.9. The molecule has 7 heteroatoms. The largest absolute Gasteiger partial charge is 0.465 e. The van der Waals surface area contributed by atoms with Gasteiger partial charge in [-0.15, -0.1) is 0 Å². The quantitative estimate of drug-likeness (QED) is 0.636. The molecule has 0 unspecified atom stereocenters. The number of aromatic nitrogens is 1. The summed E-state index contributed by atoms with van der Waals surface area (Å²) in [5.74, 6) is -0.903. The predicted molar refractivity (Wildman–Crippen MR) is 57.9 cm³/mol. The Morgan fingerprint density at radius 3 is 2.76 bits per heavy atom. The highest BCUT2D eigenvalue weighted by molar-refractivity contribution is 9.08. The molecule has 0 aliphatic rings. The lowest BCUT2D eigenvalue weighted by Crippen LogP contribution is -2.11. The van der Waals surface area contributed by atoms with Crippen LogP contribution in [0.2, 0.25) is 0 Å². The molecule has 0 atom stereocenters. The summed E-state index contributed by atoms with van der Waals surface area (Å²) in [4.78, 5) is 15.0. The summed E-state index contributed by atoms with van der Waals surface area (Å²) in [6.07, 6.45) is -1.95. The van der Waals surface area contributed by atoms with E-state index in [2.05, 4.69) is 25.7 Å². The molecule has 0 saturated carbocycles. The lowest BCUT2D eigenvalue weighted by molar-refractivity contribution is 0.0588. The van der Waals surface area contributed by atoms with Gasteiger partial charge in [-0.2, -0.15) is 5.26 Å². The molecule has 0 fully saturated rings. The second-order valence-electron chi connectivity index (χ2n) is 2.95. The third-order valence-corrected chi connectivity index (χ3v) is 2.65. The van der Waals surface area contributed by atoms with Crippen LogP contribution in [0.5, 0.6) is 0 Å². The van der Waals surface area contributed by atoms with E-state index >= 15 is 0 Å². The van der Waals surface area contributed by atoms with Crippen LogP contribution < -0.4 is 0 Å². The average molecular weight is 305 g/mol. The zero-order valence-corrected chi connectivity index (χ0v) is 10.3. The van der Waals surface area contributed by atoms with Gasteiger partial charge in [-0.25, -0.2) is 18.6 Å². The fraction of sp³-hybridized carbons (Fsp3) is 0.300. The Labute approximate surface area is 104 Å². The highest BCUT2D eigenvalue weighted by Crippen LogP contribution is 2.30. The number of nitrogens with zero attached hydrogens (tertiary/aromatic N) is 2. The Hall–Kier alpha value is -1.55. The molecule has 1 heterocycles. The SMILES string of the molecule is COC(=O)c1cnc(C#N)c(CBr)c1C(F)F. The van der Waals surface area contributed by atoms with Gasteiger partial charge >= 0.3 is 5.97 Å². The topological polar surface area (TPSA) is 63.0 Å². The number of esters is 1. The van der Waals surface area contributed by atoms with Crippen LogP contribution in [0.1, 0.15) is 33.6 Å². The molecular formula is C10H7BrF2N2O2. The Morgan fingerprint density at radius 2 is 2.35 bits per heavy atom. The number of carbonyl (C=O) groups excluding carboxylic acids is 1. The van der Waals surface area contributed by atoms with E-state index in [4.69, 9.17) is 5.26 Å². The van der Waals surface area contributed by atoms with Crippen molar-refractivity contribution in [1.29, 1.82) is 5.26 Å². The molecule has 0 aromatic carbocycles. The maximum Gasteiger partial charge on any atom is 0.339 e. The number of nitriles is 1. The Kier molecular flexibility index (Phi) is 4.52. The van der Waals surface area contributed by atoms with Crippen molar-refractivity contribution in [2.45, 2.75) is 11.8 Å². The molecule has 1 aromatic rings. The van der Waals surface area contributed by atoms with Gasteiger partial charge in [0, 0.05) is 22.7 Å². The van der Waals surface area contributed by atoms with Crippen molar-refractivity contribution in [3.8, 4) is 6.07 Å². The number of hydrogen-bond donors (Lipinski definition) is 0. The summed E-state index contributed by atoms with van der Waals surface area (Å²) >= 11 is 3.00. The van der Waals surface area contributed by atoms with Crippen molar-refractivity contribution in [1.82, 2.24) is 4.98 Å². The van der Waals surface area contributed by atoms with Gasteiger partial charge in [-0.3, -0.25) is 0 Å². The van der Waals surface area contributed by atoms with Crippen molar-refractivity contribution in [2.75, 3.05) is 7.11 Å². The summed E-state index contributed by atoms with van der Waals surface area (Å²) in [5, 5.41) is 8.76. The van der Waals surface area contributed by atoms with E-state index in [-0.39, 0.29) is 22.2 Å². The van der Waals surface area contributed by atoms with Gasteiger partial charge in [0.2, 0.25) is 0 Å². The second kappa shape index (κ2) is 5.68. The van der Waals surface area contributed by atoms with Crippen molar-refractivity contribution in [3.05, 3.63) is 28.6 Å². The van der Waals surface area contributed by atoms with Gasteiger partial charge in [-0.05, 0) is 0 Å². The monoisotopic (exact) mass is 304 g/mol. The minimum Gasteiger partial charge on any atom is -0.465 e. The fourth-order valence-corrected chi connectivity index (χ4v) is 1.89. The Morgan fingerprint density at radius 1 is 1.71 bits per heavy atom. The van der Waals surface area contributed by atoms with Crippen LogP contribution in [-0.2, 0) is 10.1 Å². The minimum atomic E-state index is -2.88. The van der Waals surface area contributed by atoms with Crippen molar-refractivity contribution in [3.63, 3.8) is 0 Å². The Bertz CT molecular complexity index is 486. The van der Waals surface area contributed by atoms with E-state index in [9.17, 15) is 13.6 Å². The van der Waals surface area contributed by atoms with Crippen LogP contribution in [0.3, 0.4) is 0 Å². The average Bonchev–Trinajstić information content (AvgIpc) is 2.35. The number of carbonyl (C=O) groups is 1. The van der Waals surface area contributed by atoms with Gasteiger partial charge in [-0.1, -0.05) is 15.9 Å². The van der Waals surface area contributed by atoms with Gasteiger partial charge in [0.25, 0.3) is 6.43 Å². The third-order valence-electron chi connectivity index (χ3n) is 2.09. The molecule has 0 N–H and O–H groups in total. The van der Waals surface area contributed by atoms with Crippen LogP contribution in [0.4, 0.5) is 8.78 Å². The molecule has 0 radical (unpaired) electrons. The van der Waals surface area contributed by atoms with Crippen LogP contribution in [-0.4, -0.2) is 18.1 Å². The lowest BCUT2D eigenvalue weighted by atomic mass is 10.0. The first-order valence-corrected chi connectivity index (χ1v) is 5.53. The molecule has 4 nitrogen and oxygen atoms in total.